The van der Waals surface area contributed by atoms with Gasteiger partial charge in [0.15, 0.2) is 0 Å². The Morgan fingerprint density at radius 1 is 0.966 bits per heavy atom. The Bertz CT molecular complexity index is 966. The highest BCUT2D eigenvalue weighted by Crippen LogP contribution is 2.31. The van der Waals surface area contributed by atoms with Gasteiger partial charge in [0.25, 0.3) is 17.7 Å². The molecule has 2 heterocycles. The maximum Gasteiger partial charge on any atom is 0.262 e. The number of nitrogens with zero attached hydrogens (tertiary/aromatic N) is 3. The smallest absolute Gasteiger partial charge is 0.262 e. The van der Waals surface area contributed by atoms with Gasteiger partial charge in [-0.3, -0.25) is 29.0 Å². The van der Waals surface area contributed by atoms with Crippen LogP contribution in [0, 0.1) is 0 Å². The molecule has 2 aliphatic rings. The minimum atomic E-state index is -0.935. The lowest BCUT2D eigenvalue weighted by molar-refractivity contribution is -0.151. The van der Waals surface area contributed by atoms with Gasteiger partial charge >= 0.3 is 0 Å². The molecular weight excluding hydrogens is 394 g/mol. The molecule has 0 radical (unpaired) electrons. The summed E-state index contributed by atoms with van der Waals surface area (Å²) in [5, 5.41) is 1.73. The number of carbonyl (C=O) groups excluding carboxylic acids is 4. The molecule has 8 heteroatoms. The molecule has 0 N–H and O–H groups in total. The van der Waals surface area contributed by atoms with E-state index in [0.29, 0.717) is 17.7 Å². The van der Waals surface area contributed by atoms with E-state index in [4.69, 9.17) is 0 Å². The first-order chi connectivity index (χ1) is 13.4. The fourth-order valence-corrected chi connectivity index (χ4v) is 3.82. The summed E-state index contributed by atoms with van der Waals surface area (Å²) >= 11 is 0. The molecule has 0 saturated carbocycles. The van der Waals surface area contributed by atoms with Crippen LogP contribution < -0.4 is 0 Å². The number of halogens is 1. The summed E-state index contributed by atoms with van der Waals surface area (Å²) in [4.78, 5) is 55.2. The molecule has 7 nitrogen and oxygen atoms in total. The van der Waals surface area contributed by atoms with Crippen LogP contribution in [0.5, 0.6) is 0 Å². The van der Waals surface area contributed by atoms with Crippen molar-refractivity contribution in [3.05, 3.63) is 47.5 Å². The number of hydrogen-bond acceptors (Lipinski definition) is 5. The zero-order valence-electron chi connectivity index (χ0n) is 16.3. The van der Waals surface area contributed by atoms with E-state index in [1.54, 1.807) is 12.1 Å². The van der Waals surface area contributed by atoms with Crippen LogP contribution in [0.2, 0.25) is 0 Å². The van der Waals surface area contributed by atoms with Crippen LogP contribution in [-0.4, -0.2) is 71.6 Å². The highest BCUT2D eigenvalue weighted by Gasteiger charge is 2.46. The maximum atomic E-state index is 13.0. The molecule has 1 atom stereocenters. The quantitative estimate of drug-likeness (QED) is 0.713. The Balaban J connectivity index is 0.00000240. The van der Waals surface area contributed by atoms with Crippen LogP contribution in [0.25, 0.3) is 10.8 Å². The topological polar surface area (TPSA) is 78.0 Å². The Kier molecular flexibility index (Phi) is 5.73. The van der Waals surface area contributed by atoms with Crippen LogP contribution in [0.4, 0.5) is 0 Å². The number of imide groups is 2. The number of carbonyl (C=O) groups is 4. The Hall–Kier alpha value is -2.77. The third-order valence-corrected chi connectivity index (χ3v) is 5.35. The number of likely N-dealkylation sites (N-methyl/N-ethyl adjacent to an activating group) is 1. The number of piperidine rings is 1. The van der Waals surface area contributed by atoms with Gasteiger partial charge in [-0.15, -0.1) is 12.4 Å². The summed E-state index contributed by atoms with van der Waals surface area (Å²) in [5.74, 6) is -1.67. The second-order valence-electron chi connectivity index (χ2n) is 7.47. The van der Waals surface area contributed by atoms with E-state index in [0.717, 1.165) is 15.7 Å². The van der Waals surface area contributed by atoms with E-state index >= 15 is 0 Å². The van der Waals surface area contributed by atoms with Crippen LogP contribution in [-0.2, 0) is 9.59 Å². The van der Waals surface area contributed by atoms with Crippen molar-refractivity contribution in [2.45, 2.75) is 18.9 Å². The number of hydrogen-bond donors (Lipinski definition) is 0. The summed E-state index contributed by atoms with van der Waals surface area (Å²) < 4.78 is 0. The molecule has 0 spiro atoms. The molecule has 2 aliphatic heterocycles. The first-order valence-corrected chi connectivity index (χ1v) is 9.28. The molecule has 2 aromatic carbocycles. The van der Waals surface area contributed by atoms with Crippen molar-refractivity contribution in [2.24, 2.45) is 0 Å². The standard InChI is InChI=1S/C21H21N3O4.ClH/c1-22(2)9-10-23-18(25)8-7-17(21(23)28)24-19(26)15-11-13-5-3-4-6-14(13)12-16(15)20(24)27;/h3-6,11-12,17H,7-10H2,1-2H3;1H. The van der Waals surface area contributed by atoms with Crippen molar-refractivity contribution in [1.29, 1.82) is 0 Å². The van der Waals surface area contributed by atoms with Crippen molar-refractivity contribution < 1.29 is 19.2 Å². The monoisotopic (exact) mass is 415 g/mol. The highest BCUT2D eigenvalue weighted by molar-refractivity contribution is 6.25. The molecule has 2 aromatic rings. The van der Waals surface area contributed by atoms with Gasteiger partial charge in [-0.1, -0.05) is 24.3 Å². The van der Waals surface area contributed by atoms with Gasteiger partial charge in [0.05, 0.1) is 11.1 Å². The fraction of sp³-hybridized carbons (Fsp3) is 0.333. The molecule has 0 bridgehead atoms. The van der Waals surface area contributed by atoms with Gasteiger partial charge in [0.2, 0.25) is 5.91 Å². The minimum Gasteiger partial charge on any atom is -0.308 e. The predicted molar refractivity (Wildman–Crippen MR) is 110 cm³/mol. The normalized spacial score (nSPS) is 19.2. The second-order valence-corrected chi connectivity index (χ2v) is 7.47. The van der Waals surface area contributed by atoms with Crippen molar-refractivity contribution >= 4 is 46.8 Å². The van der Waals surface area contributed by atoms with Gasteiger partial charge in [0.1, 0.15) is 6.04 Å². The van der Waals surface area contributed by atoms with E-state index in [2.05, 4.69) is 0 Å². The molecule has 0 aliphatic carbocycles. The molecule has 0 aromatic heterocycles. The summed E-state index contributed by atoms with van der Waals surface area (Å²) in [7, 11) is 3.70. The van der Waals surface area contributed by atoms with Gasteiger partial charge in [-0.05, 0) is 43.4 Å². The molecule has 1 saturated heterocycles. The highest BCUT2D eigenvalue weighted by atomic mass is 35.5. The van der Waals surface area contributed by atoms with Gasteiger partial charge in [-0.2, -0.15) is 0 Å². The van der Waals surface area contributed by atoms with Crippen LogP contribution in [0.15, 0.2) is 36.4 Å². The predicted octanol–water partition coefficient (Wildman–Crippen LogP) is 1.94. The number of likely N-dealkylation sites (tertiary alicyclic amines) is 1. The number of benzene rings is 2. The Labute approximate surface area is 174 Å². The molecular formula is C21H22ClN3O4. The second kappa shape index (κ2) is 7.93. The number of rotatable bonds is 4. The molecule has 152 valence electrons. The molecule has 4 amide bonds. The van der Waals surface area contributed by atoms with Crippen molar-refractivity contribution in [2.75, 3.05) is 27.2 Å². The molecule has 29 heavy (non-hydrogen) atoms. The third kappa shape index (κ3) is 3.52. The molecule has 1 fully saturated rings. The lowest BCUT2D eigenvalue weighted by atomic mass is 10.0. The van der Waals surface area contributed by atoms with E-state index in [1.807, 2.05) is 43.3 Å². The van der Waals surface area contributed by atoms with Gasteiger partial charge < -0.3 is 4.90 Å². The molecule has 1 unspecified atom stereocenters. The van der Waals surface area contributed by atoms with Gasteiger partial charge in [-0.25, -0.2) is 0 Å². The Morgan fingerprint density at radius 3 is 2.03 bits per heavy atom. The first-order valence-electron chi connectivity index (χ1n) is 9.28. The third-order valence-electron chi connectivity index (χ3n) is 5.35. The fourth-order valence-electron chi connectivity index (χ4n) is 3.82. The Morgan fingerprint density at radius 2 is 1.52 bits per heavy atom. The summed E-state index contributed by atoms with van der Waals surface area (Å²) in [6.45, 7) is 0.770. The largest absolute Gasteiger partial charge is 0.308 e. The summed E-state index contributed by atoms with van der Waals surface area (Å²) in [6.07, 6.45) is 0.306. The lowest BCUT2D eigenvalue weighted by Gasteiger charge is -2.34. The zero-order chi connectivity index (χ0) is 20.0. The van der Waals surface area contributed by atoms with E-state index < -0.39 is 23.8 Å². The number of amides is 4. The molecule has 4 rings (SSSR count). The van der Waals surface area contributed by atoms with Crippen LogP contribution >= 0.6 is 12.4 Å². The van der Waals surface area contributed by atoms with Crippen molar-refractivity contribution in [3.63, 3.8) is 0 Å². The zero-order valence-corrected chi connectivity index (χ0v) is 17.1. The lowest BCUT2D eigenvalue weighted by Crippen LogP contribution is -2.57. The van der Waals surface area contributed by atoms with Crippen molar-refractivity contribution in [3.8, 4) is 0 Å². The van der Waals surface area contributed by atoms with E-state index in [9.17, 15) is 19.2 Å². The first kappa shape index (κ1) is 21.0. The number of fused-ring (bicyclic) bond motifs is 2. The summed E-state index contributed by atoms with van der Waals surface area (Å²) in [6, 6.07) is 9.96. The SMILES string of the molecule is CN(C)CCN1C(=O)CCC(N2C(=O)c3cc4ccccc4cc3C2=O)C1=O.Cl. The summed E-state index contributed by atoms with van der Waals surface area (Å²) in [5.41, 5.74) is 0.626. The average molecular weight is 416 g/mol. The average Bonchev–Trinajstić information content (AvgIpc) is 2.90. The maximum absolute atomic E-state index is 13.0. The van der Waals surface area contributed by atoms with Crippen LogP contribution in [0.1, 0.15) is 33.6 Å². The van der Waals surface area contributed by atoms with E-state index in [-0.39, 0.29) is 37.7 Å². The van der Waals surface area contributed by atoms with E-state index in [1.165, 1.54) is 4.90 Å². The minimum absolute atomic E-state index is 0. The van der Waals surface area contributed by atoms with Gasteiger partial charge in [0, 0.05) is 19.5 Å². The van der Waals surface area contributed by atoms with Crippen molar-refractivity contribution in [1.82, 2.24) is 14.7 Å². The van der Waals surface area contributed by atoms with Crippen LogP contribution in [0.3, 0.4) is 0 Å².